The molecule has 0 aromatic heterocycles. The average Bonchev–Trinajstić information content (AvgIpc) is 3.38. The second kappa shape index (κ2) is 10.5. The molecule has 230 valence electrons. The SMILES string of the molecule is CC1(C)c2cc3ccccc3cc2-c2c1cc(-c1cc(-c3ccc4ccc(-c5ccccc5)cc4c3)cc3ccccc13)c1ccccc21. The standard InChI is InChI=1S/C49H34/c1-49(2)46-29-34-15-7-6-14-33(34)27-45(46)48-42-19-11-10-18-41(42)44(30-47(48)49)43-28-39(26-37-16-8-9-17-40(37)43)36-23-21-32-20-22-35(24-38(32)25-36)31-12-4-3-5-13-31/h3-30H,1-2H3. The third-order valence-corrected chi connectivity index (χ3v) is 11.0. The number of benzene rings is 9. The van der Waals surface area contributed by atoms with E-state index in [1.807, 2.05) is 0 Å². The largest absolute Gasteiger partial charge is 0.0622 e. The summed E-state index contributed by atoms with van der Waals surface area (Å²) in [7, 11) is 0. The Labute approximate surface area is 286 Å². The van der Waals surface area contributed by atoms with Gasteiger partial charge >= 0.3 is 0 Å². The highest BCUT2D eigenvalue weighted by molar-refractivity contribution is 6.14. The molecule has 0 spiro atoms. The molecule has 0 radical (unpaired) electrons. The lowest BCUT2D eigenvalue weighted by atomic mass is 9.79. The minimum atomic E-state index is -0.129. The van der Waals surface area contributed by atoms with Gasteiger partial charge in [-0.2, -0.15) is 0 Å². The Kier molecular flexibility index (Phi) is 6.02. The molecule has 0 atom stereocenters. The highest BCUT2D eigenvalue weighted by Crippen LogP contribution is 2.54. The van der Waals surface area contributed by atoms with E-state index in [4.69, 9.17) is 0 Å². The van der Waals surface area contributed by atoms with Crippen LogP contribution in [0, 0.1) is 0 Å². The Hall–Kier alpha value is -5.98. The van der Waals surface area contributed by atoms with Crippen LogP contribution in [0.1, 0.15) is 25.0 Å². The van der Waals surface area contributed by atoms with Crippen molar-refractivity contribution in [2.24, 2.45) is 0 Å². The van der Waals surface area contributed by atoms with Crippen LogP contribution < -0.4 is 0 Å². The molecule has 0 saturated carbocycles. The van der Waals surface area contributed by atoms with Gasteiger partial charge in [0.1, 0.15) is 0 Å². The molecule has 49 heavy (non-hydrogen) atoms. The fourth-order valence-electron chi connectivity index (χ4n) is 8.43. The first-order chi connectivity index (χ1) is 24.0. The quantitative estimate of drug-likeness (QED) is 0.184. The lowest BCUT2D eigenvalue weighted by Crippen LogP contribution is -2.15. The molecule has 9 aromatic carbocycles. The van der Waals surface area contributed by atoms with E-state index >= 15 is 0 Å². The fourth-order valence-corrected chi connectivity index (χ4v) is 8.43. The summed E-state index contributed by atoms with van der Waals surface area (Å²) in [6, 6.07) is 63.2. The monoisotopic (exact) mass is 622 g/mol. The van der Waals surface area contributed by atoms with Gasteiger partial charge in [0, 0.05) is 5.41 Å². The lowest BCUT2D eigenvalue weighted by molar-refractivity contribution is 0.662. The van der Waals surface area contributed by atoms with Gasteiger partial charge in [-0.15, -0.1) is 0 Å². The Bertz CT molecular complexity index is 2780. The first-order valence-corrected chi connectivity index (χ1v) is 17.3. The molecule has 0 fully saturated rings. The van der Waals surface area contributed by atoms with Crippen LogP contribution in [0.5, 0.6) is 0 Å². The van der Waals surface area contributed by atoms with Crippen molar-refractivity contribution in [1.29, 1.82) is 0 Å². The summed E-state index contributed by atoms with van der Waals surface area (Å²) in [6.45, 7) is 4.80. The van der Waals surface area contributed by atoms with Crippen molar-refractivity contribution in [3.63, 3.8) is 0 Å². The molecule has 0 heteroatoms. The molecular formula is C49H34. The van der Waals surface area contributed by atoms with E-state index in [0.717, 1.165) is 0 Å². The van der Waals surface area contributed by atoms with Crippen LogP contribution in [-0.2, 0) is 5.41 Å². The van der Waals surface area contributed by atoms with Gasteiger partial charge in [0.05, 0.1) is 0 Å². The van der Waals surface area contributed by atoms with Crippen LogP contribution in [0.25, 0.3) is 87.6 Å². The van der Waals surface area contributed by atoms with Crippen molar-refractivity contribution in [2.75, 3.05) is 0 Å². The molecule has 0 N–H and O–H groups in total. The Morgan fingerprint density at radius 3 is 1.63 bits per heavy atom. The summed E-state index contributed by atoms with van der Waals surface area (Å²) in [6.07, 6.45) is 0. The smallest absolute Gasteiger partial charge is 0.0159 e. The predicted octanol–water partition coefficient (Wildman–Crippen LogP) is 13.6. The summed E-state index contributed by atoms with van der Waals surface area (Å²) in [5.41, 5.74) is 13.0. The van der Waals surface area contributed by atoms with Gasteiger partial charge in [0.15, 0.2) is 0 Å². The van der Waals surface area contributed by atoms with Crippen molar-refractivity contribution in [1.82, 2.24) is 0 Å². The van der Waals surface area contributed by atoms with Crippen molar-refractivity contribution < 1.29 is 0 Å². The molecule has 9 aromatic rings. The highest BCUT2D eigenvalue weighted by atomic mass is 14.4. The van der Waals surface area contributed by atoms with Gasteiger partial charge in [-0.1, -0.05) is 141 Å². The Morgan fingerprint density at radius 1 is 0.306 bits per heavy atom. The van der Waals surface area contributed by atoms with Gasteiger partial charge in [0.2, 0.25) is 0 Å². The second-order valence-electron chi connectivity index (χ2n) is 14.1. The molecule has 0 unspecified atom stereocenters. The maximum Gasteiger partial charge on any atom is 0.0159 e. The van der Waals surface area contributed by atoms with E-state index in [2.05, 4.69) is 184 Å². The van der Waals surface area contributed by atoms with Crippen molar-refractivity contribution in [2.45, 2.75) is 19.3 Å². The minimum Gasteiger partial charge on any atom is -0.0622 e. The average molecular weight is 623 g/mol. The van der Waals surface area contributed by atoms with Gasteiger partial charge in [0.25, 0.3) is 0 Å². The third kappa shape index (κ3) is 4.31. The zero-order valence-electron chi connectivity index (χ0n) is 27.7. The first-order valence-electron chi connectivity index (χ1n) is 17.3. The second-order valence-corrected chi connectivity index (χ2v) is 14.1. The van der Waals surface area contributed by atoms with Crippen LogP contribution in [0.4, 0.5) is 0 Å². The van der Waals surface area contributed by atoms with E-state index in [0.29, 0.717) is 0 Å². The Balaban J connectivity index is 1.21. The number of rotatable bonds is 3. The normalized spacial score (nSPS) is 13.3. The van der Waals surface area contributed by atoms with Gasteiger partial charge in [-0.25, -0.2) is 0 Å². The zero-order chi connectivity index (χ0) is 32.7. The summed E-state index contributed by atoms with van der Waals surface area (Å²) >= 11 is 0. The molecule has 1 aliphatic carbocycles. The molecule has 10 rings (SSSR count). The van der Waals surface area contributed by atoms with E-state index in [9.17, 15) is 0 Å². The van der Waals surface area contributed by atoms with E-state index in [1.165, 1.54) is 98.7 Å². The molecule has 0 aliphatic heterocycles. The van der Waals surface area contributed by atoms with Crippen LogP contribution in [0.15, 0.2) is 170 Å². The zero-order valence-corrected chi connectivity index (χ0v) is 27.7. The van der Waals surface area contributed by atoms with Crippen LogP contribution in [0.2, 0.25) is 0 Å². The minimum absolute atomic E-state index is 0.129. The number of fused-ring (bicyclic) bond motifs is 8. The lowest BCUT2D eigenvalue weighted by Gasteiger charge is -2.23. The van der Waals surface area contributed by atoms with Gasteiger partial charge in [-0.3, -0.25) is 0 Å². The van der Waals surface area contributed by atoms with Crippen LogP contribution in [-0.4, -0.2) is 0 Å². The number of hydrogen-bond acceptors (Lipinski definition) is 0. The third-order valence-electron chi connectivity index (χ3n) is 11.0. The van der Waals surface area contributed by atoms with E-state index in [1.54, 1.807) is 0 Å². The summed E-state index contributed by atoms with van der Waals surface area (Å²) < 4.78 is 0. The van der Waals surface area contributed by atoms with Crippen LogP contribution >= 0.6 is 0 Å². The summed E-state index contributed by atoms with van der Waals surface area (Å²) in [4.78, 5) is 0. The topological polar surface area (TPSA) is 0 Å². The van der Waals surface area contributed by atoms with Crippen molar-refractivity contribution in [3.05, 3.63) is 181 Å². The molecule has 0 amide bonds. The van der Waals surface area contributed by atoms with Crippen LogP contribution in [0.3, 0.4) is 0 Å². The highest BCUT2D eigenvalue weighted by Gasteiger charge is 2.37. The molecule has 0 saturated heterocycles. The maximum atomic E-state index is 2.51. The Morgan fingerprint density at radius 2 is 0.878 bits per heavy atom. The van der Waals surface area contributed by atoms with Crippen molar-refractivity contribution >= 4 is 43.1 Å². The van der Waals surface area contributed by atoms with E-state index in [-0.39, 0.29) is 5.41 Å². The van der Waals surface area contributed by atoms with E-state index < -0.39 is 0 Å². The predicted molar refractivity (Wildman–Crippen MR) is 210 cm³/mol. The summed E-state index contributed by atoms with van der Waals surface area (Å²) in [5.74, 6) is 0. The fraction of sp³-hybridized carbons (Fsp3) is 0.0612. The molecular weight excluding hydrogens is 589 g/mol. The number of hydrogen-bond donors (Lipinski definition) is 0. The van der Waals surface area contributed by atoms with Gasteiger partial charge < -0.3 is 0 Å². The molecule has 1 aliphatic rings. The van der Waals surface area contributed by atoms with Crippen molar-refractivity contribution in [3.8, 4) is 44.5 Å². The molecule has 0 bridgehead atoms. The van der Waals surface area contributed by atoms with Gasteiger partial charge in [-0.05, 0) is 141 Å². The summed E-state index contributed by atoms with van der Waals surface area (Å²) in [5, 5.41) is 10.3. The molecule has 0 heterocycles. The maximum absolute atomic E-state index is 2.51. The molecule has 0 nitrogen and oxygen atoms in total. The first kappa shape index (κ1) is 28.1.